The van der Waals surface area contributed by atoms with E-state index in [4.69, 9.17) is 0 Å². The van der Waals surface area contributed by atoms with E-state index >= 15 is 0 Å². The average Bonchev–Trinajstić information content (AvgIpc) is 3.24. The molecule has 0 saturated heterocycles. The molecule has 0 aliphatic carbocycles. The van der Waals surface area contributed by atoms with Gasteiger partial charge in [0.2, 0.25) is 0 Å². The fraction of sp³-hybridized carbons (Fsp3) is 0.375. The Bertz CT molecular complexity index is 1360. The number of aryl methyl sites for hydroxylation is 1. The van der Waals surface area contributed by atoms with E-state index in [1.807, 2.05) is 11.3 Å². The van der Waals surface area contributed by atoms with Crippen molar-refractivity contribution in [1.82, 2.24) is 0 Å². The van der Waals surface area contributed by atoms with Crippen LogP contribution in [-0.4, -0.2) is 0 Å². The lowest BCUT2D eigenvalue weighted by molar-refractivity contribution is 0.556. The normalized spacial score (nSPS) is 11.9. The number of benzene rings is 4. The van der Waals surface area contributed by atoms with Crippen LogP contribution >= 0.6 is 11.3 Å². The Morgan fingerprint density at radius 2 is 1.18 bits per heavy atom. The van der Waals surface area contributed by atoms with E-state index in [0.29, 0.717) is 0 Å². The van der Waals surface area contributed by atoms with E-state index in [1.54, 1.807) is 0 Å². The molecule has 5 aromatic rings. The molecule has 0 aliphatic heterocycles. The minimum atomic E-state index is 1.21. The van der Waals surface area contributed by atoms with Crippen molar-refractivity contribution < 1.29 is 0 Å². The van der Waals surface area contributed by atoms with Gasteiger partial charge in [-0.15, -0.1) is 11.3 Å². The van der Waals surface area contributed by atoms with Gasteiger partial charge in [0.1, 0.15) is 0 Å². The molecule has 0 bridgehead atoms. The van der Waals surface area contributed by atoms with Gasteiger partial charge in [-0.25, -0.2) is 0 Å². The van der Waals surface area contributed by atoms with Crippen LogP contribution in [0.25, 0.3) is 41.7 Å². The van der Waals surface area contributed by atoms with Crippen molar-refractivity contribution in [3.63, 3.8) is 0 Å². The fourth-order valence-corrected chi connectivity index (χ4v) is 6.58. The molecule has 4 aromatic carbocycles. The van der Waals surface area contributed by atoms with Gasteiger partial charge >= 0.3 is 0 Å². The summed E-state index contributed by atoms with van der Waals surface area (Å²) in [5.41, 5.74) is 1.49. The Kier molecular flexibility index (Phi) is 7.27. The Hall–Kier alpha value is -2.38. The molecule has 0 N–H and O–H groups in total. The van der Waals surface area contributed by atoms with Gasteiger partial charge in [-0.3, -0.25) is 0 Å². The van der Waals surface area contributed by atoms with Gasteiger partial charge in [0.25, 0.3) is 0 Å². The van der Waals surface area contributed by atoms with Crippen molar-refractivity contribution in [2.45, 2.75) is 77.6 Å². The van der Waals surface area contributed by atoms with Crippen molar-refractivity contribution >= 4 is 53.1 Å². The summed E-state index contributed by atoms with van der Waals surface area (Å²) in [6.45, 7) is 2.29. The largest absolute Gasteiger partial charge is 0.135 e. The first-order valence-corrected chi connectivity index (χ1v) is 13.9. The third kappa shape index (κ3) is 4.94. The maximum atomic E-state index is 2.43. The molecule has 5 rings (SSSR count). The number of thiophene rings is 1. The predicted molar refractivity (Wildman–Crippen MR) is 150 cm³/mol. The van der Waals surface area contributed by atoms with Crippen LogP contribution in [0.2, 0.25) is 0 Å². The molecule has 1 heterocycles. The van der Waals surface area contributed by atoms with E-state index in [9.17, 15) is 0 Å². The number of hydrogen-bond donors (Lipinski definition) is 0. The molecule has 33 heavy (non-hydrogen) atoms. The molecule has 0 radical (unpaired) electrons. The van der Waals surface area contributed by atoms with Crippen LogP contribution in [0, 0.1) is 0 Å². The summed E-state index contributed by atoms with van der Waals surface area (Å²) >= 11 is 1.93. The minimum absolute atomic E-state index is 1.21. The third-order valence-corrected chi connectivity index (χ3v) is 8.46. The molecule has 0 amide bonds. The first kappa shape index (κ1) is 22.4. The zero-order chi connectivity index (χ0) is 22.5. The van der Waals surface area contributed by atoms with E-state index in [2.05, 4.69) is 73.7 Å². The van der Waals surface area contributed by atoms with Crippen LogP contribution in [0.3, 0.4) is 0 Å². The van der Waals surface area contributed by atoms with Gasteiger partial charge in [-0.2, -0.15) is 0 Å². The molecular formula is C32H36S. The maximum Gasteiger partial charge on any atom is 0.0434 e. The fourth-order valence-electron chi connectivity index (χ4n) is 5.35. The van der Waals surface area contributed by atoms with Gasteiger partial charge < -0.3 is 0 Å². The number of rotatable bonds is 11. The van der Waals surface area contributed by atoms with Crippen molar-refractivity contribution in [2.24, 2.45) is 0 Å². The third-order valence-electron chi connectivity index (χ3n) is 7.24. The molecule has 0 nitrogen and oxygen atoms in total. The van der Waals surface area contributed by atoms with Crippen LogP contribution in [0.1, 0.15) is 76.7 Å². The highest BCUT2D eigenvalue weighted by atomic mass is 32.1. The topological polar surface area (TPSA) is 0 Å². The van der Waals surface area contributed by atoms with Gasteiger partial charge in [-0.05, 0) is 40.6 Å². The van der Waals surface area contributed by atoms with Crippen LogP contribution in [0.15, 0.2) is 66.7 Å². The Labute approximate surface area is 202 Å². The summed E-state index contributed by atoms with van der Waals surface area (Å²) in [5.74, 6) is 0. The molecule has 1 aromatic heterocycles. The van der Waals surface area contributed by atoms with E-state index in [0.717, 1.165) is 0 Å². The Morgan fingerprint density at radius 1 is 0.545 bits per heavy atom. The highest BCUT2D eigenvalue weighted by Crippen LogP contribution is 2.40. The van der Waals surface area contributed by atoms with E-state index < -0.39 is 0 Å². The minimum Gasteiger partial charge on any atom is -0.135 e. The second-order valence-electron chi connectivity index (χ2n) is 9.69. The van der Waals surface area contributed by atoms with E-state index in [-0.39, 0.29) is 0 Å². The van der Waals surface area contributed by atoms with Crippen molar-refractivity contribution in [2.75, 3.05) is 0 Å². The summed E-state index contributed by atoms with van der Waals surface area (Å²) in [6, 6.07) is 25.3. The number of unbranched alkanes of at least 4 members (excludes halogenated alkanes) is 9. The number of fused-ring (bicyclic) bond motifs is 7. The highest BCUT2D eigenvalue weighted by Gasteiger charge is 2.10. The molecule has 0 fully saturated rings. The highest BCUT2D eigenvalue weighted by molar-refractivity contribution is 7.26. The zero-order valence-electron chi connectivity index (χ0n) is 20.0. The first-order valence-electron chi connectivity index (χ1n) is 13.1. The summed E-state index contributed by atoms with van der Waals surface area (Å²) < 4.78 is 2.80. The first-order chi connectivity index (χ1) is 16.3. The summed E-state index contributed by atoms with van der Waals surface area (Å²) in [5, 5.41) is 8.32. The van der Waals surface area contributed by atoms with Gasteiger partial charge in [0, 0.05) is 25.6 Å². The zero-order valence-corrected chi connectivity index (χ0v) is 20.9. The standard InChI is InChI=1S/C32H36S/c1-2-3-4-5-6-7-8-9-10-11-14-24-17-19-26-25(23-24)18-20-29-27(26)21-22-30-28-15-12-13-16-31(28)33-32(29)30/h12-13,15-23H,2-11,14H2,1H3. The SMILES string of the molecule is CCCCCCCCCCCCc1ccc2c(ccc3c2ccc2c4ccccc4sc23)c1. The molecular weight excluding hydrogens is 416 g/mol. The lowest BCUT2D eigenvalue weighted by Crippen LogP contribution is -1.88. The second kappa shape index (κ2) is 10.7. The van der Waals surface area contributed by atoms with Crippen molar-refractivity contribution in [3.8, 4) is 0 Å². The maximum absolute atomic E-state index is 2.43. The van der Waals surface area contributed by atoms with Crippen LogP contribution < -0.4 is 0 Å². The van der Waals surface area contributed by atoms with Crippen LogP contribution in [0.5, 0.6) is 0 Å². The van der Waals surface area contributed by atoms with Gasteiger partial charge in [0.05, 0.1) is 0 Å². The van der Waals surface area contributed by atoms with Gasteiger partial charge in [0.15, 0.2) is 0 Å². The quantitative estimate of drug-likeness (QED) is 0.138. The summed E-state index contributed by atoms with van der Waals surface area (Å²) in [6.07, 6.45) is 15.2. The summed E-state index contributed by atoms with van der Waals surface area (Å²) in [7, 11) is 0. The van der Waals surface area contributed by atoms with Crippen molar-refractivity contribution in [1.29, 1.82) is 0 Å². The van der Waals surface area contributed by atoms with E-state index in [1.165, 1.54) is 118 Å². The molecule has 170 valence electrons. The lowest BCUT2D eigenvalue weighted by Gasteiger charge is -2.08. The number of hydrogen-bond acceptors (Lipinski definition) is 1. The summed E-state index contributed by atoms with van der Waals surface area (Å²) in [4.78, 5) is 0. The lowest BCUT2D eigenvalue weighted by atomic mass is 9.97. The molecule has 0 unspecified atom stereocenters. The Morgan fingerprint density at radius 3 is 2.00 bits per heavy atom. The average molecular weight is 453 g/mol. The van der Waals surface area contributed by atoms with Crippen LogP contribution in [-0.2, 0) is 6.42 Å². The molecule has 0 aliphatic rings. The molecule has 0 spiro atoms. The molecule has 0 atom stereocenters. The van der Waals surface area contributed by atoms with Crippen LogP contribution in [0.4, 0.5) is 0 Å². The monoisotopic (exact) mass is 452 g/mol. The second-order valence-corrected chi connectivity index (χ2v) is 10.7. The van der Waals surface area contributed by atoms with Crippen molar-refractivity contribution in [3.05, 3.63) is 72.3 Å². The molecule has 1 heteroatoms. The Balaban J connectivity index is 1.24. The molecule has 0 saturated carbocycles. The van der Waals surface area contributed by atoms with Gasteiger partial charge in [-0.1, -0.05) is 125 Å². The predicted octanol–water partition coefficient (Wildman–Crippen LogP) is 10.8. The smallest absolute Gasteiger partial charge is 0.0434 e.